The summed E-state index contributed by atoms with van der Waals surface area (Å²) in [5, 5.41) is 24.0. The van der Waals surface area contributed by atoms with Gasteiger partial charge in [0.25, 0.3) is 0 Å². The molecule has 0 aliphatic carbocycles. The number of fused-ring (bicyclic) bond motifs is 8. The van der Waals surface area contributed by atoms with Gasteiger partial charge in [0.15, 0.2) is 42.1 Å². The van der Waals surface area contributed by atoms with Crippen LogP contribution in [0.5, 0.6) is 0 Å². The van der Waals surface area contributed by atoms with Crippen LogP contribution in [0.25, 0.3) is 92.9 Å². The van der Waals surface area contributed by atoms with Gasteiger partial charge in [-0.2, -0.15) is 0 Å². The number of benzene rings is 4. The number of halogens is 5. The second kappa shape index (κ2) is 44.1. The molecule has 0 spiro atoms. The van der Waals surface area contributed by atoms with Crippen molar-refractivity contribution in [1.29, 1.82) is 0 Å². The van der Waals surface area contributed by atoms with Gasteiger partial charge in [-0.05, 0) is 220 Å². The zero-order valence-corrected chi connectivity index (χ0v) is 82.4. The fourth-order valence-corrected chi connectivity index (χ4v) is 26.5. The van der Waals surface area contributed by atoms with Gasteiger partial charge in [0.1, 0.15) is 41.4 Å². The van der Waals surface area contributed by atoms with Gasteiger partial charge in [0.2, 0.25) is 0 Å². The van der Waals surface area contributed by atoms with E-state index in [2.05, 4.69) is 140 Å². The maximum Gasteiger partial charge on any atom is 0.173 e. The summed E-state index contributed by atoms with van der Waals surface area (Å²) >= 11 is 18.9. The van der Waals surface area contributed by atoms with Crippen LogP contribution in [-0.4, -0.2) is 206 Å². The van der Waals surface area contributed by atoms with E-state index in [1.54, 1.807) is 123 Å². The van der Waals surface area contributed by atoms with E-state index in [4.69, 9.17) is 45.8 Å². The highest BCUT2D eigenvalue weighted by Crippen LogP contribution is 2.47. The van der Waals surface area contributed by atoms with Crippen LogP contribution < -0.4 is 21.7 Å². The number of aliphatic hydroxyl groups is 1. The molecule has 706 valence electrons. The Bertz CT molecular complexity index is 6830. The summed E-state index contributed by atoms with van der Waals surface area (Å²) in [5.74, 6) is -0.498. The first-order valence-corrected chi connectivity index (χ1v) is 53.2. The molecule has 4 aromatic carbocycles. The first kappa shape index (κ1) is 95.1. The van der Waals surface area contributed by atoms with Crippen LogP contribution in [0.3, 0.4) is 0 Å². The number of rotatable bonds is 24. The Kier molecular flexibility index (Phi) is 31.0. The molecule has 19 heterocycles. The van der Waals surface area contributed by atoms with Gasteiger partial charge in [-0.3, -0.25) is 19.6 Å². The predicted octanol–water partition coefficient (Wildman–Crippen LogP) is 24.5. The van der Waals surface area contributed by atoms with Gasteiger partial charge in [0, 0.05) is 161 Å². The van der Waals surface area contributed by atoms with Crippen LogP contribution in [0.15, 0.2) is 156 Å². The van der Waals surface area contributed by atoms with E-state index < -0.39 is 5.82 Å². The monoisotopic (exact) mass is 2000 g/mol. The van der Waals surface area contributed by atoms with Gasteiger partial charge in [-0.1, -0.05) is 23.8 Å². The van der Waals surface area contributed by atoms with E-state index in [-0.39, 0.29) is 48.6 Å². The molecule has 5 saturated heterocycles. The normalized spacial score (nSPS) is 21.3. The quantitative estimate of drug-likeness (QED) is 0.0278. The van der Waals surface area contributed by atoms with Gasteiger partial charge >= 0.3 is 0 Å². The van der Waals surface area contributed by atoms with E-state index in [0.717, 1.165) is 205 Å². The highest BCUT2D eigenvalue weighted by molar-refractivity contribution is 7.21. The lowest BCUT2D eigenvalue weighted by molar-refractivity contribution is -0.164. The van der Waals surface area contributed by atoms with Crippen molar-refractivity contribution in [3.8, 4) is 0 Å². The fraction of sp³-hybridized carbons (Fsp3) is 0.394. The van der Waals surface area contributed by atoms with Crippen LogP contribution in [0, 0.1) is 23.3 Å². The number of nitrogens with one attached hydrogen (secondary N) is 3. The molecule has 23 nitrogen and oxygen atoms in total. The molecule has 0 radical (unpaired) electrons. The number of aliphatic hydroxyl groups excluding tert-OH is 1. The SMILES string of the molecule is CC1C(c2cc3c(Cl)ccnc3s2)=CCN1CCOC1CCCCO1.CC1C(c2cc3c(Nc4ccc5scnc5c4F)ccnc3s2)=CCN1CCOC1CCCCO1.CC1C(c2cc3c(Nc4ccc5scnc5c4F)ccnc3s2)CCN1CCO.CC1C(c2cc3c(Nc4ccc5scnc5c4F)ccnc3s2)CCN1CCOC1CCCCO1.Nc1ccc2scnc2c1F. The molecule has 16 aromatic rings. The topological polar surface area (TPSA) is 254 Å². The minimum atomic E-state index is -0.413. The van der Waals surface area contributed by atoms with Crippen LogP contribution in [0.2, 0.25) is 5.02 Å². The molecule has 135 heavy (non-hydrogen) atoms. The summed E-state index contributed by atoms with van der Waals surface area (Å²) in [4.78, 5) is 53.2. The van der Waals surface area contributed by atoms with Crippen LogP contribution in [0.1, 0.15) is 130 Å². The number of thiophene rings is 4. The minimum Gasteiger partial charge on any atom is -0.396 e. The molecule has 12 aromatic heterocycles. The maximum atomic E-state index is 15.0. The molecule has 0 amide bonds. The van der Waals surface area contributed by atoms with Crippen LogP contribution in [-0.2, 0) is 28.4 Å². The van der Waals surface area contributed by atoms with E-state index in [9.17, 15) is 22.7 Å². The summed E-state index contributed by atoms with van der Waals surface area (Å²) in [6.45, 7) is 21.1. The molecule has 0 saturated carbocycles. The number of likely N-dealkylation sites (tertiary alicyclic amines) is 2. The molecule has 23 rings (SSSR count). The fourth-order valence-electron chi connectivity index (χ4n) is 18.7. The largest absolute Gasteiger partial charge is 0.396 e. The average Bonchev–Trinajstić information content (AvgIpc) is 1.64. The summed E-state index contributed by atoms with van der Waals surface area (Å²) in [5.41, 5.74) is 20.2. The molecular weight excluding hydrogens is 1890 g/mol. The smallest absolute Gasteiger partial charge is 0.173 e. The molecule has 36 heteroatoms. The summed E-state index contributed by atoms with van der Waals surface area (Å²) in [6, 6.07) is 32.2. The lowest BCUT2D eigenvalue weighted by Crippen LogP contribution is -2.34. The molecule has 0 bridgehead atoms. The molecule has 9 unspecified atom stereocenters. The van der Waals surface area contributed by atoms with Crippen molar-refractivity contribution in [2.45, 2.75) is 153 Å². The van der Waals surface area contributed by atoms with Crippen molar-refractivity contribution in [3.63, 3.8) is 0 Å². The summed E-state index contributed by atoms with van der Waals surface area (Å²) in [7, 11) is 0. The predicted molar refractivity (Wildman–Crippen MR) is 547 cm³/mol. The van der Waals surface area contributed by atoms with E-state index in [1.165, 1.54) is 95.3 Å². The number of ether oxygens (including phenoxy) is 6. The van der Waals surface area contributed by atoms with Crippen molar-refractivity contribution in [2.24, 2.45) is 0 Å². The first-order valence-electron chi connectivity index (χ1n) is 46.0. The molecule has 7 aliphatic rings. The number of hydrogen-bond donors (Lipinski definition) is 5. The summed E-state index contributed by atoms with van der Waals surface area (Å²) < 4.78 is 96.1. The third kappa shape index (κ3) is 21.6. The Morgan fingerprint density at radius 1 is 0.415 bits per heavy atom. The second-order valence-electron chi connectivity index (χ2n) is 34.4. The zero-order chi connectivity index (χ0) is 92.6. The second-order valence-corrected chi connectivity index (χ2v) is 42.6. The van der Waals surface area contributed by atoms with Gasteiger partial charge in [-0.15, -0.1) is 90.7 Å². The molecule has 5 fully saturated rings. The zero-order valence-electron chi connectivity index (χ0n) is 75.1. The third-order valence-electron chi connectivity index (χ3n) is 26.3. The number of nitrogens with two attached hydrogens (primary N) is 1. The third-order valence-corrected chi connectivity index (χ3v) is 34.4. The number of anilines is 7. The molecular formula is C99H105ClF4N16O7S8. The summed E-state index contributed by atoms with van der Waals surface area (Å²) in [6.07, 6.45) is 23.9. The molecule has 6 N–H and O–H groups in total. The number of nitrogens with zero attached hydrogens (tertiary/aromatic N) is 12. The Hall–Kier alpha value is -8.87. The van der Waals surface area contributed by atoms with Crippen molar-refractivity contribution < 1.29 is 51.1 Å². The van der Waals surface area contributed by atoms with Crippen LogP contribution >= 0.6 is 102 Å². The minimum absolute atomic E-state index is 0.00472. The van der Waals surface area contributed by atoms with Gasteiger partial charge in [-0.25, -0.2) is 57.4 Å². The Morgan fingerprint density at radius 2 is 0.778 bits per heavy atom. The number of pyridine rings is 4. The highest BCUT2D eigenvalue weighted by Gasteiger charge is 2.36. The molecule has 7 aliphatic heterocycles. The first-order chi connectivity index (χ1) is 66.0. The standard InChI is InChI=1S/C26H29FN4O2S2.C26H27FN4O2S2.C21H21FN4OS2.C19H23ClN2O2S.C7H5FN2S/c2*1-16-17(8-10-31(16)11-13-33-23-4-2-3-12-32-23)22-14-18-19(7-9-28-26(18)35-22)30-20-5-6-21-25(24(20)27)29-15-34-21;1-12-13(5-7-26(12)8-9-27)18-10-14-15(4-6-23-21(14)29-18)25-16-2-3-17-20(19(16)22)24-11-28-17;1-13-14(17-12-15-16(20)5-7-21-19(15)25-17)6-8-22(13)9-11-24-18-4-2-3-10-23-18;8-6-4(9)1-2-5-7(6)10-3-11-5/h5-7,9,14-17,23H,2-4,8,10-13H2,1H3,(H,28,30);5-9,14-16,23H,2-4,10-13H2,1H3,(H,28,30);2-4,6,10-13,27H,5,7-9H2,1H3,(H,23,25);5-7,12-13,18H,2-4,8-11H2,1H3;1-3H,9H2. The van der Waals surface area contributed by atoms with Crippen molar-refractivity contribution in [1.82, 2.24) is 59.5 Å². The van der Waals surface area contributed by atoms with Crippen molar-refractivity contribution in [2.75, 3.05) is 120 Å². The van der Waals surface area contributed by atoms with Crippen molar-refractivity contribution in [3.05, 3.63) is 204 Å². The lowest BCUT2D eigenvalue weighted by atomic mass is 9.99. The highest BCUT2D eigenvalue weighted by atomic mass is 35.5. The van der Waals surface area contributed by atoms with E-state index in [0.29, 0.717) is 94.9 Å². The van der Waals surface area contributed by atoms with Crippen molar-refractivity contribution >= 4 is 235 Å². The van der Waals surface area contributed by atoms with Gasteiger partial charge in [0.05, 0.1) is 112 Å². The number of nitrogen functional groups attached to an aromatic ring is 1. The number of hydrogen-bond acceptors (Lipinski definition) is 31. The number of β-amino-alcohol motifs (C(OH)–C–C–N with tert-alkyl or cyclic N) is 1. The Balaban J connectivity index is 0.000000112. The number of aromatic nitrogens is 8. The number of thiazole rings is 4. The van der Waals surface area contributed by atoms with E-state index in [1.807, 2.05) is 42.5 Å². The maximum absolute atomic E-state index is 15.0. The molecule has 9 atom stereocenters. The average molecular weight is 2000 g/mol. The Morgan fingerprint density at radius 3 is 1.18 bits per heavy atom. The van der Waals surface area contributed by atoms with Crippen LogP contribution in [0.4, 0.5) is 57.4 Å². The van der Waals surface area contributed by atoms with E-state index >= 15 is 0 Å². The lowest BCUT2D eigenvalue weighted by Gasteiger charge is -2.26. The van der Waals surface area contributed by atoms with Gasteiger partial charge < -0.3 is 55.2 Å². The Labute approximate surface area is 816 Å².